The number of hydrogen-bond donors (Lipinski definition) is 1. The third-order valence-corrected chi connectivity index (χ3v) is 2.53. The number of nitrogens with two attached hydrogens (primary N) is 1. The van der Waals surface area contributed by atoms with Crippen molar-refractivity contribution >= 4 is 5.69 Å². The van der Waals surface area contributed by atoms with Gasteiger partial charge in [-0.05, 0) is 31.4 Å². The molecule has 1 aliphatic heterocycles. The number of hydrogen-bond acceptors (Lipinski definition) is 3. The van der Waals surface area contributed by atoms with Crippen molar-refractivity contribution in [3.05, 3.63) is 24.5 Å². The molecule has 0 aromatic carbocycles. The van der Waals surface area contributed by atoms with Gasteiger partial charge in [0.15, 0.2) is 0 Å². The summed E-state index contributed by atoms with van der Waals surface area (Å²) in [6.45, 7) is 1.06. The zero-order chi connectivity index (χ0) is 9.10. The van der Waals surface area contributed by atoms with Crippen molar-refractivity contribution in [3.8, 4) is 0 Å². The van der Waals surface area contributed by atoms with Crippen LogP contribution in [0.2, 0.25) is 0 Å². The zero-order valence-corrected chi connectivity index (χ0v) is 7.69. The van der Waals surface area contributed by atoms with Crippen LogP contribution in [0.15, 0.2) is 24.5 Å². The Morgan fingerprint density at radius 2 is 2.38 bits per heavy atom. The molecule has 1 unspecified atom stereocenters. The molecule has 0 amide bonds. The lowest BCUT2D eigenvalue weighted by atomic mass is 10.1. The summed E-state index contributed by atoms with van der Waals surface area (Å²) >= 11 is 0. The zero-order valence-electron chi connectivity index (χ0n) is 7.69. The quantitative estimate of drug-likeness (QED) is 0.704. The lowest BCUT2D eigenvalue weighted by Gasteiger charge is -2.34. The van der Waals surface area contributed by atoms with E-state index in [0.29, 0.717) is 0 Å². The van der Waals surface area contributed by atoms with E-state index in [1.807, 2.05) is 12.3 Å². The van der Waals surface area contributed by atoms with Gasteiger partial charge in [-0.2, -0.15) is 0 Å². The molecule has 3 heteroatoms. The maximum Gasteiger partial charge on any atom is 0.0771 e. The molecule has 0 saturated carbocycles. The highest BCUT2D eigenvalue weighted by atomic mass is 15.2. The number of aromatic nitrogens is 1. The van der Waals surface area contributed by atoms with Crippen molar-refractivity contribution in [1.82, 2.24) is 4.98 Å². The first-order chi connectivity index (χ1) is 6.38. The maximum absolute atomic E-state index is 6.01. The molecule has 0 spiro atoms. The van der Waals surface area contributed by atoms with E-state index < -0.39 is 0 Å². The van der Waals surface area contributed by atoms with Gasteiger partial charge in [0.25, 0.3) is 0 Å². The summed E-state index contributed by atoms with van der Waals surface area (Å²) in [6.07, 6.45) is 7.43. The standard InChI is InChI=1S/C10H15N3/c11-10-5-1-2-7-13(10)9-4-3-6-12-8-9/h3-4,6,8,10H,1-2,5,7,11H2. The van der Waals surface area contributed by atoms with Gasteiger partial charge in [-0.15, -0.1) is 0 Å². The third-order valence-electron chi connectivity index (χ3n) is 2.53. The molecule has 1 aromatic heterocycles. The summed E-state index contributed by atoms with van der Waals surface area (Å²) in [7, 11) is 0. The first-order valence-corrected chi connectivity index (χ1v) is 4.80. The van der Waals surface area contributed by atoms with Crippen LogP contribution < -0.4 is 10.6 Å². The van der Waals surface area contributed by atoms with Crippen molar-refractivity contribution in [1.29, 1.82) is 0 Å². The molecule has 2 rings (SSSR count). The van der Waals surface area contributed by atoms with Crippen LogP contribution in [0.4, 0.5) is 5.69 Å². The van der Waals surface area contributed by atoms with Gasteiger partial charge in [-0.25, -0.2) is 0 Å². The molecule has 70 valence electrons. The molecule has 1 aromatic rings. The average Bonchev–Trinajstić information content (AvgIpc) is 2.20. The fourth-order valence-electron chi connectivity index (χ4n) is 1.80. The predicted molar refractivity (Wildman–Crippen MR) is 53.4 cm³/mol. The van der Waals surface area contributed by atoms with Crippen LogP contribution >= 0.6 is 0 Å². The van der Waals surface area contributed by atoms with Gasteiger partial charge in [0.1, 0.15) is 0 Å². The summed E-state index contributed by atoms with van der Waals surface area (Å²) in [4.78, 5) is 6.33. The largest absolute Gasteiger partial charge is 0.355 e. The van der Waals surface area contributed by atoms with E-state index in [2.05, 4.69) is 16.0 Å². The Bertz CT molecular complexity index is 260. The Kier molecular flexibility index (Phi) is 2.45. The number of rotatable bonds is 1. The second-order valence-corrected chi connectivity index (χ2v) is 3.47. The molecule has 2 heterocycles. The Labute approximate surface area is 78.6 Å². The first-order valence-electron chi connectivity index (χ1n) is 4.80. The van der Waals surface area contributed by atoms with Gasteiger partial charge in [-0.3, -0.25) is 4.98 Å². The Morgan fingerprint density at radius 3 is 3.08 bits per heavy atom. The van der Waals surface area contributed by atoms with E-state index in [1.165, 1.54) is 12.8 Å². The first kappa shape index (κ1) is 8.51. The summed E-state index contributed by atoms with van der Waals surface area (Å²) in [5, 5.41) is 0. The van der Waals surface area contributed by atoms with Crippen molar-refractivity contribution in [2.45, 2.75) is 25.4 Å². The molecule has 0 bridgehead atoms. The van der Waals surface area contributed by atoms with Crippen LogP contribution in [0.5, 0.6) is 0 Å². The Morgan fingerprint density at radius 1 is 1.46 bits per heavy atom. The molecule has 1 aliphatic rings. The number of nitrogens with zero attached hydrogens (tertiary/aromatic N) is 2. The number of piperidine rings is 1. The molecular weight excluding hydrogens is 162 g/mol. The maximum atomic E-state index is 6.01. The lowest BCUT2D eigenvalue weighted by molar-refractivity contribution is 0.470. The van der Waals surface area contributed by atoms with Gasteiger partial charge in [0, 0.05) is 12.7 Å². The SMILES string of the molecule is NC1CCCCN1c1cccnc1. The van der Waals surface area contributed by atoms with Gasteiger partial charge in [0.2, 0.25) is 0 Å². The highest BCUT2D eigenvalue weighted by Gasteiger charge is 2.18. The monoisotopic (exact) mass is 177 g/mol. The van der Waals surface area contributed by atoms with Crippen LogP contribution in [0.3, 0.4) is 0 Å². The van der Waals surface area contributed by atoms with E-state index >= 15 is 0 Å². The van der Waals surface area contributed by atoms with E-state index in [4.69, 9.17) is 5.73 Å². The number of pyridine rings is 1. The van der Waals surface area contributed by atoms with Gasteiger partial charge >= 0.3 is 0 Å². The molecule has 3 nitrogen and oxygen atoms in total. The molecule has 0 aliphatic carbocycles. The summed E-state index contributed by atoms with van der Waals surface area (Å²) in [5.41, 5.74) is 7.16. The predicted octanol–water partition coefficient (Wildman–Crippen LogP) is 1.36. The van der Waals surface area contributed by atoms with Crippen LogP contribution in [-0.4, -0.2) is 17.7 Å². The minimum absolute atomic E-state index is 0.179. The minimum atomic E-state index is 0.179. The van der Waals surface area contributed by atoms with Crippen LogP contribution in [0, 0.1) is 0 Å². The van der Waals surface area contributed by atoms with Crippen LogP contribution in [-0.2, 0) is 0 Å². The fraction of sp³-hybridized carbons (Fsp3) is 0.500. The van der Waals surface area contributed by atoms with E-state index in [1.54, 1.807) is 6.20 Å². The molecular formula is C10H15N3. The van der Waals surface area contributed by atoms with Gasteiger partial charge in [0.05, 0.1) is 18.1 Å². The van der Waals surface area contributed by atoms with E-state index in [-0.39, 0.29) is 6.17 Å². The van der Waals surface area contributed by atoms with Crippen molar-refractivity contribution in [3.63, 3.8) is 0 Å². The van der Waals surface area contributed by atoms with Crippen molar-refractivity contribution in [2.75, 3.05) is 11.4 Å². The van der Waals surface area contributed by atoms with Crippen molar-refractivity contribution in [2.24, 2.45) is 5.73 Å². The fourth-order valence-corrected chi connectivity index (χ4v) is 1.80. The van der Waals surface area contributed by atoms with Crippen molar-refractivity contribution < 1.29 is 0 Å². The smallest absolute Gasteiger partial charge is 0.0771 e. The second kappa shape index (κ2) is 3.75. The molecule has 1 saturated heterocycles. The molecule has 1 atom stereocenters. The Balaban J connectivity index is 2.15. The van der Waals surface area contributed by atoms with E-state index in [9.17, 15) is 0 Å². The summed E-state index contributed by atoms with van der Waals surface area (Å²) < 4.78 is 0. The molecule has 2 N–H and O–H groups in total. The molecule has 0 radical (unpaired) electrons. The molecule has 13 heavy (non-hydrogen) atoms. The van der Waals surface area contributed by atoms with Gasteiger partial charge in [-0.1, -0.05) is 0 Å². The highest BCUT2D eigenvalue weighted by molar-refractivity contribution is 5.44. The number of anilines is 1. The van der Waals surface area contributed by atoms with Crippen LogP contribution in [0.25, 0.3) is 0 Å². The second-order valence-electron chi connectivity index (χ2n) is 3.47. The van der Waals surface area contributed by atoms with Gasteiger partial charge < -0.3 is 10.6 Å². The summed E-state index contributed by atoms with van der Waals surface area (Å²) in [5.74, 6) is 0. The topological polar surface area (TPSA) is 42.1 Å². The van der Waals surface area contributed by atoms with E-state index in [0.717, 1.165) is 18.7 Å². The molecule has 1 fully saturated rings. The normalized spacial score (nSPS) is 23.2. The average molecular weight is 177 g/mol. The third kappa shape index (κ3) is 1.80. The minimum Gasteiger partial charge on any atom is -0.355 e. The van der Waals surface area contributed by atoms with Crippen LogP contribution in [0.1, 0.15) is 19.3 Å². The Hall–Kier alpha value is -1.09. The summed E-state index contributed by atoms with van der Waals surface area (Å²) in [6, 6.07) is 4.02. The highest BCUT2D eigenvalue weighted by Crippen LogP contribution is 2.20. The lowest BCUT2D eigenvalue weighted by Crippen LogP contribution is -2.45.